The number of benzene rings is 2. The summed E-state index contributed by atoms with van der Waals surface area (Å²) < 4.78 is 19.4. The van der Waals surface area contributed by atoms with Crippen LogP contribution in [0.15, 0.2) is 36.4 Å². The molecule has 0 unspecified atom stereocenters. The SMILES string of the molecule is CNC(=O)c1ccc(N)c(Oc2cccc(C)c2F)c1. The molecule has 4 nitrogen and oxygen atoms in total. The van der Waals surface area contributed by atoms with E-state index in [1.165, 1.54) is 19.2 Å². The van der Waals surface area contributed by atoms with Crippen molar-refractivity contribution >= 4 is 11.6 Å². The van der Waals surface area contributed by atoms with Gasteiger partial charge in [-0.3, -0.25) is 4.79 Å². The van der Waals surface area contributed by atoms with E-state index in [1.54, 1.807) is 31.2 Å². The summed E-state index contributed by atoms with van der Waals surface area (Å²) in [4.78, 5) is 11.6. The van der Waals surface area contributed by atoms with Gasteiger partial charge in [0.15, 0.2) is 17.3 Å². The highest BCUT2D eigenvalue weighted by atomic mass is 19.1. The molecule has 5 heteroatoms. The Bertz CT molecular complexity index is 656. The fourth-order valence-corrected chi connectivity index (χ4v) is 1.73. The van der Waals surface area contributed by atoms with Crippen molar-refractivity contribution in [1.29, 1.82) is 0 Å². The van der Waals surface area contributed by atoms with E-state index >= 15 is 0 Å². The zero-order valence-electron chi connectivity index (χ0n) is 11.2. The number of anilines is 1. The number of amides is 1. The van der Waals surface area contributed by atoms with Crippen LogP contribution in [0.2, 0.25) is 0 Å². The molecule has 0 fully saturated rings. The molecule has 0 spiro atoms. The number of hydrogen-bond donors (Lipinski definition) is 2. The summed E-state index contributed by atoms with van der Waals surface area (Å²) in [5.41, 5.74) is 6.99. The topological polar surface area (TPSA) is 64.4 Å². The molecule has 1 amide bonds. The minimum absolute atomic E-state index is 0.0748. The largest absolute Gasteiger partial charge is 0.452 e. The molecule has 0 bridgehead atoms. The molecule has 0 radical (unpaired) electrons. The lowest BCUT2D eigenvalue weighted by molar-refractivity contribution is 0.0963. The molecule has 0 saturated carbocycles. The molecule has 2 aromatic carbocycles. The molecule has 0 aliphatic heterocycles. The first-order valence-corrected chi connectivity index (χ1v) is 6.07. The van der Waals surface area contributed by atoms with E-state index in [-0.39, 0.29) is 17.4 Å². The zero-order chi connectivity index (χ0) is 14.7. The maximum atomic E-state index is 13.9. The normalized spacial score (nSPS) is 10.2. The number of nitrogens with one attached hydrogen (secondary N) is 1. The second-order valence-corrected chi connectivity index (χ2v) is 4.32. The van der Waals surface area contributed by atoms with Crippen molar-refractivity contribution in [3.63, 3.8) is 0 Å². The number of ether oxygens (including phenoxy) is 1. The molecular weight excluding hydrogens is 259 g/mol. The monoisotopic (exact) mass is 274 g/mol. The Morgan fingerprint density at radius 3 is 2.70 bits per heavy atom. The molecule has 3 N–H and O–H groups in total. The predicted molar refractivity (Wildman–Crippen MR) is 75.5 cm³/mol. The van der Waals surface area contributed by atoms with Crippen LogP contribution in [0.5, 0.6) is 11.5 Å². The van der Waals surface area contributed by atoms with E-state index in [4.69, 9.17) is 10.5 Å². The van der Waals surface area contributed by atoms with Gasteiger partial charge in [0, 0.05) is 12.6 Å². The fraction of sp³-hybridized carbons (Fsp3) is 0.133. The first-order valence-electron chi connectivity index (χ1n) is 6.07. The van der Waals surface area contributed by atoms with Crippen molar-refractivity contribution in [2.75, 3.05) is 12.8 Å². The lowest BCUT2D eigenvalue weighted by atomic mass is 10.1. The molecule has 0 aliphatic carbocycles. The standard InChI is InChI=1S/C15H15FN2O2/c1-9-4-3-5-12(14(9)16)20-13-8-10(15(19)18-2)6-7-11(13)17/h3-8H,17H2,1-2H3,(H,18,19). The fourth-order valence-electron chi connectivity index (χ4n) is 1.73. The number of carbonyl (C=O) groups is 1. The number of carbonyl (C=O) groups excluding carboxylic acids is 1. The Morgan fingerprint density at radius 1 is 1.25 bits per heavy atom. The molecule has 2 rings (SSSR count). The molecular formula is C15H15FN2O2. The maximum Gasteiger partial charge on any atom is 0.251 e. The van der Waals surface area contributed by atoms with E-state index in [2.05, 4.69) is 5.32 Å². The van der Waals surface area contributed by atoms with Gasteiger partial charge < -0.3 is 15.8 Å². The van der Waals surface area contributed by atoms with Gasteiger partial charge in [-0.2, -0.15) is 0 Å². The number of rotatable bonds is 3. The van der Waals surface area contributed by atoms with Crippen molar-refractivity contribution in [2.45, 2.75) is 6.92 Å². The van der Waals surface area contributed by atoms with Crippen LogP contribution >= 0.6 is 0 Å². The third kappa shape index (κ3) is 2.71. The minimum Gasteiger partial charge on any atom is -0.452 e. The average molecular weight is 274 g/mol. The molecule has 0 aromatic heterocycles. The number of hydrogen-bond acceptors (Lipinski definition) is 3. The van der Waals surface area contributed by atoms with Crippen LogP contribution in [0.1, 0.15) is 15.9 Å². The quantitative estimate of drug-likeness (QED) is 0.846. The Morgan fingerprint density at radius 2 is 2.00 bits per heavy atom. The van der Waals surface area contributed by atoms with Gasteiger partial charge in [0.1, 0.15) is 0 Å². The highest BCUT2D eigenvalue weighted by Gasteiger charge is 2.11. The summed E-state index contributed by atoms with van der Waals surface area (Å²) >= 11 is 0. The number of nitrogen functional groups attached to an aromatic ring is 1. The van der Waals surface area contributed by atoms with Crippen LogP contribution in [0, 0.1) is 12.7 Å². The molecule has 0 saturated heterocycles. The van der Waals surface area contributed by atoms with Gasteiger partial charge in [0.25, 0.3) is 5.91 Å². The second-order valence-electron chi connectivity index (χ2n) is 4.32. The van der Waals surface area contributed by atoms with Crippen molar-refractivity contribution in [1.82, 2.24) is 5.32 Å². The van der Waals surface area contributed by atoms with Crippen LogP contribution in [-0.2, 0) is 0 Å². The average Bonchev–Trinajstić information content (AvgIpc) is 2.45. The van der Waals surface area contributed by atoms with Crippen LogP contribution in [0.3, 0.4) is 0 Å². The Balaban J connectivity index is 2.38. The van der Waals surface area contributed by atoms with Crippen LogP contribution in [0.4, 0.5) is 10.1 Å². The van der Waals surface area contributed by atoms with Crippen LogP contribution in [0.25, 0.3) is 0 Å². The molecule has 0 heterocycles. The summed E-state index contributed by atoms with van der Waals surface area (Å²) in [7, 11) is 1.53. The van der Waals surface area contributed by atoms with Crippen molar-refractivity contribution in [3.05, 3.63) is 53.3 Å². The van der Waals surface area contributed by atoms with Gasteiger partial charge in [0.05, 0.1) is 5.69 Å². The summed E-state index contributed by atoms with van der Waals surface area (Å²) in [6, 6.07) is 9.45. The number of nitrogens with two attached hydrogens (primary N) is 1. The third-order valence-corrected chi connectivity index (χ3v) is 2.88. The van der Waals surface area contributed by atoms with Crippen molar-refractivity contribution < 1.29 is 13.9 Å². The number of halogens is 1. The predicted octanol–water partition coefficient (Wildman–Crippen LogP) is 2.87. The Hall–Kier alpha value is -2.56. The minimum atomic E-state index is -0.447. The van der Waals surface area contributed by atoms with Crippen molar-refractivity contribution in [3.8, 4) is 11.5 Å². The molecule has 2 aromatic rings. The highest BCUT2D eigenvalue weighted by Crippen LogP contribution is 2.31. The summed E-state index contributed by atoms with van der Waals surface area (Å²) in [6.07, 6.45) is 0. The summed E-state index contributed by atoms with van der Waals surface area (Å²) in [6.45, 7) is 1.65. The van der Waals surface area contributed by atoms with E-state index < -0.39 is 5.82 Å². The van der Waals surface area contributed by atoms with Gasteiger partial charge in [-0.1, -0.05) is 12.1 Å². The number of aryl methyl sites for hydroxylation is 1. The zero-order valence-corrected chi connectivity index (χ0v) is 11.2. The van der Waals surface area contributed by atoms with E-state index in [0.717, 1.165) is 0 Å². The lowest BCUT2D eigenvalue weighted by Gasteiger charge is -2.11. The van der Waals surface area contributed by atoms with Gasteiger partial charge >= 0.3 is 0 Å². The maximum absolute atomic E-state index is 13.9. The molecule has 20 heavy (non-hydrogen) atoms. The molecule has 0 aliphatic rings. The van der Waals surface area contributed by atoms with Gasteiger partial charge in [0.2, 0.25) is 0 Å². The highest BCUT2D eigenvalue weighted by molar-refractivity contribution is 5.95. The van der Waals surface area contributed by atoms with Crippen molar-refractivity contribution in [2.24, 2.45) is 0 Å². The second kappa shape index (κ2) is 5.61. The first kappa shape index (κ1) is 13.9. The third-order valence-electron chi connectivity index (χ3n) is 2.88. The van der Waals surface area contributed by atoms with Crippen LogP contribution < -0.4 is 15.8 Å². The van der Waals surface area contributed by atoms with Crippen LogP contribution in [-0.4, -0.2) is 13.0 Å². The Kier molecular flexibility index (Phi) is 3.89. The molecule has 104 valence electrons. The van der Waals surface area contributed by atoms with E-state index in [1.807, 2.05) is 0 Å². The smallest absolute Gasteiger partial charge is 0.251 e. The summed E-state index contributed by atoms with van der Waals surface area (Å²) in [5.74, 6) is -0.391. The first-order chi connectivity index (χ1) is 9.52. The summed E-state index contributed by atoms with van der Waals surface area (Å²) in [5, 5.41) is 2.50. The van der Waals surface area contributed by atoms with E-state index in [0.29, 0.717) is 16.8 Å². The molecule has 0 atom stereocenters. The van der Waals surface area contributed by atoms with E-state index in [9.17, 15) is 9.18 Å². The van der Waals surface area contributed by atoms with Gasteiger partial charge in [-0.15, -0.1) is 0 Å². The van der Waals surface area contributed by atoms with Gasteiger partial charge in [-0.05, 0) is 36.8 Å². The lowest BCUT2D eigenvalue weighted by Crippen LogP contribution is -2.17. The van der Waals surface area contributed by atoms with Gasteiger partial charge in [-0.25, -0.2) is 4.39 Å². The Labute approximate surface area is 116 Å².